The van der Waals surface area contributed by atoms with Crippen molar-refractivity contribution >= 4 is 17.6 Å². The molecule has 176 valence electrons. The van der Waals surface area contributed by atoms with Gasteiger partial charge in [0.05, 0.1) is 6.04 Å². The molecule has 5 nitrogen and oxygen atoms in total. The van der Waals surface area contributed by atoms with Gasteiger partial charge in [0.1, 0.15) is 0 Å². The smallest absolute Gasteiger partial charge is 0.251 e. The van der Waals surface area contributed by atoms with E-state index >= 15 is 0 Å². The normalized spacial score (nSPS) is 23.1. The Hall–Kier alpha value is -2.17. The van der Waals surface area contributed by atoms with E-state index in [1.54, 1.807) is 0 Å². The minimum absolute atomic E-state index is 0. The summed E-state index contributed by atoms with van der Waals surface area (Å²) in [5.41, 5.74) is 1.74. The van der Waals surface area contributed by atoms with Crippen LogP contribution in [0.5, 0.6) is 0 Å². The number of carbonyl (C=O) groups excluding carboxylic acids is 3. The predicted molar refractivity (Wildman–Crippen MR) is 128 cm³/mol. The van der Waals surface area contributed by atoms with Gasteiger partial charge in [0.25, 0.3) is 5.91 Å². The molecule has 1 aromatic carbocycles. The highest BCUT2D eigenvalue weighted by atomic mass is 16.2. The zero-order valence-corrected chi connectivity index (χ0v) is 19.6. The van der Waals surface area contributed by atoms with Gasteiger partial charge < -0.3 is 10.2 Å². The second kappa shape index (κ2) is 10.2. The van der Waals surface area contributed by atoms with Crippen LogP contribution in [-0.4, -0.2) is 41.6 Å². The van der Waals surface area contributed by atoms with Crippen LogP contribution in [0.1, 0.15) is 94.9 Å². The van der Waals surface area contributed by atoms with E-state index in [1.165, 1.54) is 6.42 Å². The molecule has 0 unspecified atom stereocenters. The molecule has 5 heteroatoms. The number of carbonyl (C=O) groups is 3. The number of hydrogen-bond acceptors (Lipinski definition) is 3. The molecule has 2 saturated carbocycles. The monoisotopic (exact) mass is 440 g/mol. The first-order valence-corrected chi connectivity index (χ1v) is 12.7. The van der Waals surface area contributed by atoms with Crippen LogP contribution in [0.25, 0.3) is 0 Å². The maximum absolute atomic E-state index is 13.2. The molecule has 3 fully saturated rings. The summed E-state index contributed by atoms with van der Waals surface area (Å²) < 4.78 is 0. The third-order valence-electron chi connectivity index (χ3n) is 7.56. The predicted octanol–water partition coefficient (Wildman–Crippen LogP) is 4.95. The Morgan fingerprint density at radius 1 is 1.00 bits per heavy atom. The van der Waals surface area contributed by atoms with Crippen molar-refractivity contribution in [2.75, 3.05) is 13.1 Å². The largest absolute Gasteiger partial charge is 0.342 e. The van der Waals surface area contributed by atoms with Crippen LogP contribution in [0, 0.1) is 17.8 Å². The average molecular weight is 441 g/mol. The van der Waals surface area contributed by atoms with Gasteiger partial charge in [-0.15, -0.1) is 0 Å². The number of nitrogens with zero attached hydrogens (tertiary/aromatic N) is 1. The fourth-order valence-electron chi connectivity index (χ4n) is 5.44. The number of ketones is 1. The van der Waals surface area contributed by atoms with E-state index in [4.69, 9.17) is 0 Å². The molecule has 1 heterocycles. The number of likely N-dealkylation sites (tertiary alicyclic amines) is 1. The van der Waals surface area contributed by atoms with Crippen molar-refractivity contribution in [3.05, 3.63) is 35.4 Å². The van der Waals surface area contributed by atoms with Crippen molar-refractivity contribution in [1.82, 2.24) is 10.2 Å². The quantitative estimate of drug-likeness (QED) is 0.652. The fraction of sp³-hybridized carbons (Fsp3) is 0.667. The Labute approximate surface area is 193 Å². The van der Waals surface area contributed by atoms with Crippen molar-refractivity contribution in [1.29, 1.82) is 0 Å². The number of Topliss-reactive ketones (excluding diaryl/α,β-unsaturated/α-hetero) is 1. The van der Waals surface area contributed by atoms with Crippen LogP contribution < -0.4 is 5.32 Å². The minimum Gasteiger partial charge on any atom is -0.342 e. The Morgan fingerprint density at radius 2 is 1.75 bits per heavy atom. The van der Waals surface area contributed by atoms with Crippen molar-refractivity contribution in [2.24, 2.45) is 17.8 Å². The first-order valence-electron chi connectivity index (χ1n) is 12.7. The topological polar surface area (TPSA) is 66.5 Å². The number of benzene rings is 1. The number of amides is 2. The lowest BCUT2D eigenvalue weighted by atomic mass is 9.80. The molecule has 2 atom stereocenters. The second-order valence-corrected chi connectivity index (χ2v) is 10.4. The maximum atomic E-state index is 13.2. The van der Waals surface area contributed by atoms with Gasteiger partial charge in [0, 0.05) is 37.8 Å². The van der Waals surface area contributed by atoms with Gasteiger partial charge in [0.2, 0.25) is 5.91 Å². The van der Waals surface area contributed by atoms with Gasteiger partial charge in [-0.1, -0.05) is 45.2 Å². The highest BCUT2D eigenvalue weighted by Crippen LogP contribution is 2.34. The first kappa shape index (κ1) is 23.0. The SMILES string of the molecule is CC(C)C(=O)[C@H](NC(=O)c1cccc([C@@H]2CCCN(C(=O)C3CC3)C2)c1)C1CCCCC1.[HH]. The number of hydrogen-bond donors (Lipinski definition) is 1. The highest BCUT2D eigenvalue weighted by Gasteiger charge is 2.36. The van der Waals surface area contributed by atoms with Crippen LogP contribution in [0.4, 0.5) is 0 Å². The first-order chi connectivity index (χ1) is 15.4. The van der Waals surface area contributed by atoms with E-state index < -0.39 is 6.04 Å². The molecule has 1 aromatic rings. The second-order valence-electron chi connectivity index (χ2n) is 10.4. The van der Waals surface area contributed by atoms with Crippen LogP contribution in [0.15, 0.2) is 24.3 Å². The molecule has 1 aliphatic heterocycles. The van der Waals surface area contributed by atoms with Crippen molar-refractivity contribution in [2.45, 2.75) is 83.6 Å². The molecule has 4 rings (SSSR count). The molecular formula is C27H40N2O3. The lowest BCUT2D eigenvalue weighted by Gasteiger charge is -2.33. The number of nitrogens with one attached hydrogen (secondary N) is 1. The van der Waals surface area contributed by atoms with Gasteiger partial charge in [-0.2, -0.15) is 0 Å². The summed E-state index contributed by atoms with van der Waals surface area (Å²) >= 11 is 0. The van der Waals surface area contributed by atoms with E-state index in [0.29, 0.717) is 11.5 Å². The van der Waals surface area contributed by atoms with E-state index in [2.05, 4.69) is 11.4 Å². The average Bonchev–Trinajstić information content (AvgIpc) is 3.68. The summed E-state index contributed by atoms with van der Waals surface area (Å²) in [4.78, 5) is 40.7. The molecule has 1 N–H and O–H groups in total. The number of piperidine rings is 1. The maximum Gasteiger partial charge on any atom is 0.251 e. The molecular weight excluding hydrogens is 400 g/mol. The van der Waals surface area contributed by atoms with Crippen molar-refractivity contribution in [3.8, 4) is 0 Å². The van der Waals surface area contributed by atoms with E-state index in [-0.39, 0.29) is 36.8 Å². The molecule has 32 heavy (non-hydrogen) atoms. The van der Waals surface area contributed by atoms with Crippen LogP contribution in [0.2, 0.25) is 0 Å². The molecule has 0 bridgehead atoms. The third-order valence-corrected chi connectivity index (χ3v) is 7.56. The van der Waals surface area contributed by atoms with Gasteiger partial charge in [-0.05, 0) is 62.1 Å². The van der Waals surface area contributed by atoms with Crippen LogP contribution >= 0.6 is 0 Å². The zero-order chi connectivity index (χ0) is 22.7. The summed E-state index contributed by atoms with van der Waals surface area (Å²) in [7, 11) is 0. The van der Waals surface area contributed by atoms with E-state index in [0.717, 1.165) is 70.0 Å². The van der Waals surface area contributed by atoms with E-state index in [1.807, 2.05) is 36.9 Å². The van der Waals surface area contributed by atoms with Gasteiger partial charge >= 0.3 is 0 Å². The molecule has 2 aliphatic carbocycles. The third kappa shape index (κ3) is 5.41. The highest BCUT2D eigenvalue weighted by molar-refractivity contribution is 5.98. The standard InChI is InChI=1S/C27H38N2O3.H2/c1-18(2)25(30)24(19-8-4-3-5-9-19)28-26(31)22-11-6-10-21(16-22)23-12-7-15-29(17-23)27(32)20-13-14-20;/h6,10-11,16,18-20,23-24H,3-5,7-9,12-15,17H2,1-2H3,(H,28,31);1H/t23-,24-;/m1./s1. The van der Waals surface area contributed by atoms with Crippen molar-refractivity contribution < 1.29 is 15.8 Å². The lowest BCUT2D eigenvalue weighted by Crippen LogP contribution is -2.48. The summed E-state index contributed by atoms with van der Waals surface area (Å²) in [6.45, 7) is 5.44. The summed E-state index contributed by atoms with van der Waals surface area (Å²) in [6.07, 6.45) is 9.62. The van der Waals surface area contributed by atoms with Gasteiger partial charge in [-0.3, -0.25) is 14.4 Å². The molecule has 0 spiro atoms. The number of rotatable bonds is 7. The zero-order valence-electron chi connectivity index (χ0n) is 19.6. The van der Waals surface area contributed by atoms with Crippen LogP contribution in [-0.2, 0) is 9.59 Å². The Kier molecular flexibility index (Phi) is 7.32. The molecule has 3 aliphatic rings. The summed E-state index contributed by atoms with van der Waals surface area (Å²) in [5, 5.41) is 3.11. The van der Waals surface area contributed by atoms with Gasteiger partial charge in [-0.25, -0.2) is 0 Å². The summed E-state index contributed by atoms with van der Waals surface area (Å²) in [6, 6.07) is 7.43. The Bertz CT molecular complexity index is 846. The summed E-state index contributed by atoms with van der Waals surface area (Å²) in [5.74, 6) is 0.968. The molecule has 0 aromatic heterocycles. The molecule has 1 saturated heterocycles. The molecule has 0 radical (unpaired) electrons. The fourth-order valence-corrected chi connectivity index (χ4v) is 5.44. The Balaban J connectivity index is 0.00000306. The van der Waals surface area contributed by atoms with Gasteiger partial charge in [0.15, 0.2) is 5.78 Å². The van der Waals surface area contributed by atoms with Crippen LogP contribution in [0.3, 0.4) is 0 Å². The Morgan fingerprint density at radius 3 is 2.44 bits per heavy atom. The van der Waals surface area contributed by atoms with Crippen molar-refractivity contribution in [3.63, 3.8) is 0 Å². The molecule has 2 amide bonds. The minimum atomic E-state index is -0.396. The lowest BCUT2D eigenvalue weighted by molar-refractivity contribution is -0.133. The van der Waals surface area contributed by atoms with E-state index in [9.17, 15) is 14.4 Å².